The summed E-state index contributed by atoms with van der Waals surface area (Å²) >= 11 is 0. The van der Waals surface area contributed by atoms with Gasteiger partial charge in [-0.1, -0.05) is 19.4 Å². The van der Waals surface area contributed by atoms with E-state index in [1.54, 1.807) is 0 Å². The van der Waals surface area contributed by atoms with E-state index < -0.39 is 0 Å². The molecule has 1 aliphatic heterocycles. The standard InChI is InChI=1S/C26H40N2O3/c1-25-10-8-19(29)16-18(25)4-5-20-21-6-7-23(26(21,2)11-9-22(20)25)31-24(30)17-28-14-12-27(3)13-15-28/h16,20-23H,4-15,17H2,1-3H3/t20?,21?,22?,23-,25+,26+/m1/s1. The lowest BCUT2D eigenvalue weighted by Crippen LogP contribution is -2.52. The third-order valence-electron chi connectivity index (χ3n) is 10.1. The Hall–Kier alpha value is -1.20. The van der Waals surface area contributed by atoms with Crippen molar-refractivity contribution in [1.82, 2.24) is 9.80 Å². The highest BCUT2D eigenvalue weighted by atomic mass is 16.5. The smallest absolute Gasteiger partial charge is 0.320 e. The minimum atomic E-state index is -0.0230. The Labute approximate surface area is 187 Å². The number of fused-ring (bicyclic) bond motifs is 5. The summed E-state index contributed by atoms with van der Waals surface area (Å²) in [6.45, 7) is 9.26. The quantitative estimate of drug-likeness (QED) is 0.642. The van der Waals surface area contributed by atoms with Gasteiger partial charge in [0.25, 0.3) is 0 Å². The largest absolute Gasteiger partial charge is 0.461 e. The van der Waals surface area contributed by atoms with Crippen LogP contribution in [0.2, 0.25) is 0 Å². The number of ether oxygens (including phenoxy) is 1. The summed E-state index contributed by atoms with van der Waals surface area (Å²) in [5.74, 6) is 2.38. The van der Waals surface area contributed by atoms with Gasteiger partial charge in [0.1, 0.15) is 6.10 Å². The molecule has 4 fully saturated rings. The first-order valence-electron chi connectivity index (χ1n) is 12.6. The van der Waals surface area contributed by atoms with Gasteiger partial charge in [0.05, 0.1) is 6.54 Å². The fraction of sp³-hybridized carbons (Fsp3) is 0.846. The summed E-state index contributed by atoms with van der Waals surface area (Å²) < 4.78 is 6.19. The Morgan fingerprint density at radius 1 is 1.03 bits per heavy atom. The fourth-order valence-electron chi connectivity index (χ4n) is 8.09. The number of nitrogens with zero attached hydrogens (tertiary/aromatic N) is 2. The van der Waals surface area contributed by atoms with Crippen molar-refractivity contribution < 1.29 is 14.3 Å². The lowest BCUT2D eigenvalue weighted by molar-refractivity contribution is -0.161. The zero-order valence-electron chi connectivity index (χ0n) is 19.7. The van der Waals surface area contributed by atoms with Crippen molar-refractivity contribution in [2.45, 2.75) is 71.3 Å². The van der Waals surface area contributed by atoms with E-state index in [0.717, 1.165) is 64.2 Å². The van der Waals surface area contributed by atoms with E-state index in [-0.39, 0.29) is 22.9 Å². The lowest BCUT2D eigenvalue weighted by Gasteiger charge is -2.57. The highest BCUT2D eigenvalue weighted by molar-refractivity contribution is 5.91. The van der Waals surface area contributed by atoms with Crippen LogP contribution in [-0.2, 0) is 14.3 Å². The van der Waals surface area contributed by atoms with E-state index in [9.17, 15) is 9.59 Å². The van der Waals surface area contributed by atoms with Gasteiger partial charge in [-0.15, -0.1) is 0 Å². The number of ketones is 1. The molecule has 1 saturated heterocycles. The topological polar surface area (TPSA) is 49.9 Å². The molecule has 3 unspecified atom stereocenters. The number of rotatable bonds is 3. The number of hydrogen-bond acceptors (Lipinski definition) is 5. The van der Waals surface area contributed by atoms with E-state index in [4.69, 9.17) is 4.74 Å². The second-order valence-electron chi connectivity index (χ2n) is 11.6. The summed E-state index contributed by atoms with van der Waals surface area (Å²) in [4.78, 5) is 29.4. The number of carbonyl (C=O) groups is 2. The van der Waals surface area contributed by atoms with Crippen LogP contribution in [0.25, 0.3) is 0 Å². The van der Waals surface area contributed by atoms with Gasteiger partial charge in [-0.3, -0.25) is 14.5 Å². The van der Waals surface area contributed by atoms with E-state index in [1.807, 2.05) is 6.08 Å². The molecule has 0 bridgehead atoms. The van der Waals surface area contributed by atoms with Gasteiger partial charge in [-0.2, -0.15) is 0 Å². The minimum absolute atomic E-state index is 0.0230. The highest BCUT2D eigenvalue weighted by Crippen LogP contribution is 2.65. The van der Waals surface area contributed by atoms with Crippen molar-refractivity contribution in [3.8, 4) is 0 Å². The van der Waals surface area contributed by atoms with Crippen LogP contribution in [0.5, 0.6) is 0 Å². The summed E-state index contributed by atoms with van der Waals surface area (Å²) in [6, 6.07) is 0. The van der Waals surface area contributed by atoms with Gasteiger partial charge in [0.2, 0.25) is 0 Å². The van der Waals surface area contributed by atoms with E-state index >= 15 is 0 Å². The molecule has 0 N–H and O–H groups in total. The average molecular weight is 429 g/mol. The molecule has 172 valence electrons. The molecule has 5 heteroatoms. The normalized spacial score (nSPS) is 43.6. The summed E-state index contributed by atoms with van der Waals surface area (Å²) in [7, 11) is 2.14. The summed E-state index contributed by atoms with van der Waals surface area (Å²) in [5, 5.41) is 0. The highest BCUT2D eigenvalue weighted by Gasteiger charge is 2.60. The summed E-state index contributed by atoms with van der Waals surface area (Å²) in [5.41, 5.74) is 1.77. The van der Waals surface area contributed by atoms with Crippen molar-refractivity contribution >= 4 is 11.8 Å². The van der Waals surface area contributed by atoms with Gasteiger partial charge >= 0.3 is 5.97 Å². The molecule has 5 rings (SSSR count). The van der Waals surface area contributed by atoms with Crippen LogP contribution in [0.15, 0.2) is 11.6 Å². The van der Waals surface area contributed by atoms with Gasteiger partial charge in [-0.05, 0) is 81.2 Å². The van der Waals surface area contributed by atoms with Gasteiger partial charge in [0.15, 0.2) is 5.78 Å². The Kier molecular flexibility index (Phi) is 5.57. The van der Waals surface area contributed by atoms with Crippen LogP contribution >= 0.6 is 0 Å². The van der Waals surface area contributed by atoms with E-state index in [2.05, 4.69) is 30.7 Å². The SMILES string of the molecule is CN1CCN(CC(=O)O[C@@H]2CCC3C4CCC5=CC(=O)CC[C@]5(C)C4CC[C@@]32C)CC1. The molecule has 0 radical (unpaired) electrons. The first-order chi connectivity index (χ1) is 14.8. The maximum absolute atomic E-state index is 12.8. The minimum Gasteiger partial charge on any atom is -0.461 e. The number of hydrogen-bond donors (Lipinski definition) is 0. The molecule has 0 aromatic rings. The first-order valence-corrected chi connectivity index (χ1v) is 12.6. The third kappa shape index (κ3) is 3.70. The Bertz CT molecular complexity index is 771. The number of allylic oxidation sites excluding steroid dienone is 1. The van der Waals surface area contributed by atoms with Crippen LogP contribution < -0.4 is 0 Å². The van der Waals surface area contributed by atoms with Gasteiger partial charge in [-0.25, -0.2) is 0 Å². The molecule has 6 atom stereocenters. The van der Waals surface area contributed by atoms with Crippen LogP contribution in [-0.4, -0.2) is 67.4 Å². The van der Waals surface area contributed by atoms with Crippen LogP contribution in [0.4, 0.5) is 0 Å². The van der Waals surface area contributed by atoms with Gasteiger partial charge < -0.3 is 9.64 Å². The zero-order chi connectivity index (χ0) is 21.8. The van der Waals surface area contributed by atoms with Crippen molar-refractivity contribution in [2.24, 2.45) is 28.6 Å². The Morgan fingerprint density at radius 3 is 2.58 bits per heavy atom. The molecule has 0 spiro atoms. The van der Waals surface area contributed by atoms with Gasteiger partial charge in [0, 0.05) is 38.0 Å². The fourth-order valence-corrected chi connectivity index (χ4v) is 8.09. The summed E-state index contributed by atoms with van der Waals surface area (Å²) in [6.07, 6.45) is 10.7. The molecule has 0 amide bonds. The van der Waals surface area contributed by atoms with Crippen molar-refractivity contribution in [1.29, 1.82) is 0 Å². The van der Waals surface area contributed by atoms with Crippen LogP contribution in [0.1, 0.15) is 65.2 Å². The van der Waals surface area contributed by atoms with Crippen molar-refractivity contribution in [3.05, 3.63) is 11.6 Å². The lowest BCUT2D eigenvalue weighted by atomic mass is 9.47. The predicted octanol–water partition coefficient (Wildman–Crippen LogP) is 3.68. The molecule has 3 saturated carbocycles. The number of esters is 1. The molecule has 0 aromatic carbocycles. The molecular formula is C26H40N2O3. The molecule has 1 heterocycles. The van der Waals surface area contributed by atoms with Crippen LogP contribution in [0, 0.1) is 28.6 Å². The average Bonchev–Trinajstić information content (AvgIpc) is 3.06. The maximum Gasteiger partial charge on any atom is 0.320 e. The first kappa shape index (κ1) is 21.6. The second-order valence-corrected chi connectivity index (χ2v) is 11.6. The van der Waals surface area contributed by atoms with E-state index in [0.29, 0.717) is 24.2 Å². The number of piperazine rings is 1. The zero-order valence-corrected chi connectivity index (χ0v) is 19.7. The monoisotopic (exact) mass is 428 g/mol. The van der Waals surface area contributed by atoms with Crippen molar-refractivity contribution in [3.63, 3.8) is 0 Å². The van der Waals surface area contributed by atoms with E-state index in [1.165, 1.54) is 24.8 Å². The third-order valence-corrected chi connectivity index (χ3v) is 10.1. The second kappa shape index (κ2) is 7.98. The molecule has 5 nitrogen and oxygen atoms in total. The Balaban J connectivity index is 1.25. The predicted molar refractivity (Wildman–Crippen MR) is 121 cm³/mol. The molecule has 4 aliphatic carbocycles. The molecule has 0 aromatic heterocycles. The molecular weight excluding hydrogens is 388 g/mol. The van der Waals surface area contributed by atoms with Crippen LogP contribution in [0.3, 0.4) is 0 Å². The molecule has 31 heavy (non-hydrogen) atoms. The number of carbonyl (C=O) groups excluding carboxylic acids is 2. The number of likely N-dealkylation sites (N-methyl/N-ethyl adjacent to an activating group) is 1. The Morgan fingerprint density at radius 2 is 1.81 bits per heavy atom. The van der Waals surface area contributed by atoms with Crippen molar-refractivity contribution in [2.75, 3.05) is 39.8 Å². The maximum atomic E-state index is 12.8. The molecule has 5 aliphatic rings.